The summed E-state index contributed by atoms with van der Waals surface area (Å²) < 4.78 is 28.6. The van der Waals surface area contributed by atoms with Gasteiger partial charge in [0.2, 0.25) is 0 Å². The number of anilines is 2. The van der Waals surface area contributed by atoms with Crippen LogP contribution in [0.2, 0.25) is 0 Å². The second kappa shape index (κ2) is 6.74. The topological polar surface area (TPSA) is 73.6 Å². The van der Waals surface area contributed by atoms with Crippen molar-refractivity contribution in [2.24, 2.45) is 0 Å². The molecule has 0 aliphatic carbocycles. The molecule has 0 bridgehead atoms. The third-order valence-electron chi connectivity index (χ3n) is 2.47. The van der Waals surface area contributed by atoms with Crippen LogP contribution in [0.15, 0.2) is 28.9 Å². The van der Waals surface area contributed by atoms with Gasteiger partial charge in [0, 0.05) is 11.8 Å². The third-order valence-corrected chi connectivity index (χ3v) is 2.47. The molecule has 0 aliphatic rings. The summed E-state index contributed by atoms with van der Waals surface area (Å²) in [6.45, 7) is 4.10. The first-order valence-electron chi connectivity index (χ1n) is 6.46. The van der Waals surface area contributed by atoms with E-state index in [1.165, 1.54) is 18.4 Å². The van der Waals surface area contributed by atoms with Gasteiger partial charge in [-0.15, -0.1) is 0 Å². The Morgan fingerprint density at radius 2 is 2.19 bits per heavy atom. The number of carbonyl (C=O) groups excluding carboxylic acids is 1. The quantitative estimate of drug-likeness (QED) is 0.825. The molecule has 2 rings (SSSR count). The SMILES string of the molecule is CCOC(=O)c1coc(Nc2ccc(OCC)c(F)c2)n1. The summed E-state index contributed by atoms with van der Waals surface area (Å²) in [6, 6.07) is 4.43. The van der Waals surface area contributed by atoms with Crippen LogP contribution >= 0.6 is 0 Å². The van der Waals surface area contributed by atoms with Gasteiger partial charge in [0.05, 0.1) is 13.2 Å². The first-order chi connectivity index (χ1) is 10.1. The number of esters is 1. The molecule has 1 N–H and O–H groups in total. The highest BCUT2D eigenvalue weighted by atomic mass is 19.1. The Kier molecular flexibility index (Phi) is 4.76. The van der Waals surface area contributed by atoms with Crippen molar-refractivity contribution in [2.45, 2.75) is 13.8 Å². The number of ether oxygens (including phenoxy) is 2. The Labute approximate surface area is 120 Å². The molecule has 7 heteroatoms. The zero-order valence-corrected chi connectivity index (χ0v) is 11.7. The Hall–Kier alpha value is -2.57. The monoisotopic (exact) mass is 294 g/mol. The second-order valence-corrected chi connectivity index (χ2v) is 3.96. The fourth-order valence-electron chi connectivity index (χ4n) is 1.60. The van der Waals surface area contributed by atoms with E-state index in [1.807, 2.05) is 0 Å². The smallest absolute Gasteiger partial charge is 0.360 e. The molecule has 0 saturated carbocycles. The Morgan fingerprint density at radius 1 is 1.38 bits per heavy atom. The minimum atomic E-state index is -0.577. The van der Waals surface area contributed by atoms with Crippen LogP contribution in [0.1, 0.15) is 24.3 Å². The Bertz CT molecular complexity index is 627. The van der Waals surface area contributed by atoms with Crippen LogP contribution in [-0.2, 0) is 4.74 Å². The molecule has 0 saturated heterocycles. The lowest BCUT2D eigenvalue weighted by atomic mass is 10.3. The van der Waals surface area contributed by atoms with Gasteiger partial charge >= 0.3 is 5.97 Å². The van der Waals surface area contributed by atoms with Gasteiger partial charge in [-0.05, 0) is 26.0 Å². The second-order valence-electron chi connectivity index (χ2n) is 3.96. The molecule has 112 valence electrons. The lowest BCUT2D eigenvalue weighted by Gasteiger charge is -2.06. The molecule has 1 aromatic carbocycles. The summed E-state index contributed by atoms with van der Waals surface area (Å²) in [5.74, 6) is -0.908. The number of aromatic nitrogens is 1. The molecule has 0 aliphatic heterocycles. The molecule has 0 fully saturated rings. The molecule has 6 nitrogen and oxygen atoms in total. The minimum Gasteiger partial charge on any atom is -0.491 e. The molecule has 1 aromatic heterocycles. The fourth-order valence-corrected chi connectivity index (χ4v) is 1.60. The van der Waals surface area contributed by atoms with E-state index in [-0.39, 0.29) is 24.1 Å². The number of nitrogens with one attached hydrogen (secondary N) is 1. The molecule has 0 atom stereocenters. The molecular weight excluding hydrogens is 279 g/mol. The standard InChI is InChI=1S/C14H15FN2O4/c1-3-19-12-6-5-9(7-10(12)15)16-14-17-11(8-21-14)13(18)20-4-2/h5-8H,3-4H2,1-2H3,(H,16,17). The van der Waals surface area contributed by atoms with E-state index in [0.717, 1.165) is 0 Å². The Morgan fingerprint density at radius 3 is 2.86 bits per heavy atom. The first-order valence-corrected chi connectivity index (χ1v) is 6.46. The zero-order chi connectivity index (χ0) is 15.2. The number of benzene rings is 1. The maximum absolute atomic E-state index is 13.7. The van der Waals surface area contributed by atoms with Crippen LogP contribution in [0.4, 0.5) is 16.1 Å². The molecule has 2 aromatic rings. The Balaban J connectivity index is 2.08. The summed E-state index contributed by atoms with van der Waals surface area (Å²) in [7, 11) is 0. The normalized spacial score (nSPS) is 10.2. The predicted octanol–water partition coefficient (Wildman–Crippen LogP) is 3.13. The molecule has 21 heavy (non-hydrogen) atoms. The van der Waals surface area contributed by atoms with Crippen molar-refractivity contribution < 1.29 is 23.1 Å². The van der Waals surface area contributed by atoms with Crippen molar-refractivity contribution in [1.82, 2.24) is 4.98 Å². The van der Waals surface area contributed by atoms with Crippen LogP contribution < -0.4 is 10.1 Å². The summed E-state index contributed by atoms with van der Waals surface area (Å²) >= 11 is 0. The van der Waals surface area contributed by atoms with Crippen molar-refractivity contribution in [1.29, 1.82) is 0 Å². The van der Waals surface area contributed by atoms with Gasteiger partial charge in [-0.1, -0.05) is 0 Å². The van der Waals surface area contributed by atoms with Crippen molar-refractivity contribution in [3.63, 3.8) is 0 Å². The lowest BCUT2D eigenvalue weighted by molar-refractivity contribution is 0.0519. The molecule has 0 radical (unpaired) electrons. The van der Waals surface area contributed by atoms with Crippen LogP contribution in [0.3, 0.4) is 0 Å². The van der Waals surface area contributed by atoms with Crippen molar-refractivity contribution in [2.75, 3.05) is 18.5 Å². The maximum atomic E-state index is 13.7. The number of nitrogens with zero attached hydrogens (tertiary/aromatic N) is 1. The van der Waals surface area contributed by atoms with Gasteiger partial charge < -0.3 is 19.2 Å². The van der Waals surface area contributed by atoms with E-state index in [9.17, 15) is 9.18 Å². The number of oxazole rings is 1. The van der Waals surface area contributed by atoms with E-state index in [2.05, 4.69) is 10.3 Å². The highest BCUT2D eigenvalue weighted by Gasteiger charge is 2.13. The summed E-state index contributed by atoms with van der Waals surface area (Å²) in [4.78, 5) is 15.3. The maximum Gasteiger partial charge on any atom is 0.360 e. The lowest BCUT2D eigenvalue weighted by Crippen LogP contribution is -2.05. The highest BCUT2D eigenvalue weighted by Crippen LogP contribution is 2.23. The van der Waals surface area contributed by atoms with Gasteiger partial charge in [-0.2, -0.15) is 4.98 Å². The van der Waals surface area contributed by atoms with E-state index >= 15 is 0 Å². The van der Waals surface area contributed by atoms with Crippen LogP contribution in [-0.4, -0.2) is 24.2 Å². The average Bonchev–Trinajstić information content (AvgIpc) is 2.91. The number of rotatable bonds is 6. The van der Waals surface area contributed by atoms with Crippen LogP contribution in [0, 0.1) is 5.82 Å². The van der Waals surface area contributed by atoms with Crippen molar-refractivity contribution in [3.8, 4) is 5.75 Å². The van der Waals surface area contributed by atoms with E-state index < -0.39 is 11.8 Å². The van der Waals surface area contributed by atoms with Crippen LogP contribution in [0.5, 0.6) is 5.75 Å². The minimum absolute atomic E-state index is 0.0470. The van der Waals surface area contributed by atoms with Gasteiger partial charge in [0.25, 0.3) is 6.01 Å². The van der Waals surface area contributed by atoms with E-state index in [4.69, 9.17) is 13.9 Å². The molecule has 1 heterocycles. The van der Waals surface area contributed by atoms with Gasteiger partial charge in [-0.25, -0.2) is 9.18 Å². The molecule has 0 spiro atoms. The predicted molar refractivity (Wildman–Crippen MR) is 73.3 cm³/mol. The van der Waals surface area contributed by atoms with E-state index in [0.29, 0.717) is 12.3 Å². The highest BCUT2D eigenvalue weighted by molar-refractivity contribution is 5.87. The third kappa shape index (κ3) is 3.71. The molecular formula is C14H15FN2O4. The fraction of sp³-hybridized carbons (Fsp3) is 0.286. The van der Waals surface area contributed by atoms with Gasteiger partial charge in [0.15, 0.2) is 17.3 Å². The zero-order valence-electron chi connectivity index (χ0n) is 11.7. The summed E-state index contributed by atoms with van der Waals surface area (Å²) in [5, 5.41) is 2.75. The summed E-state index contributed by atoms with van der Waals surface area (Å²) in [5.41, 5.74) is 0.471. The number of hydrogen-bond donors (Lipinski definition) is 1. The van der Waals surface area contributed by atoms with Crippen molar-refractivity contribution in [3.05, 3.63) is 36.0 Å². The van der Waals surface area contributed by atoms with Crippen molar-refractivity contribution >= 4 is 17.7 Å². The van der Waals surface area contributed by atoms with E-state index in [1.54, 1.807) is 19.9 Å². The number of carbonyl (C=O) groups is 1. The molecule has 0 amide bonds. The van der Waals surface area contributed by atoms with Gasteiger partial charge in [-0.3, -0.25) is 0 Å². The summed E-state index contributed by atoms with van der Waals surface area (Å²) in [6.07, 6.45) is 1.17. The van der Waals surface area contributed by atoms with Crippen LogP contribution in [0.25, 0.3) is 0 Å². The molecule has 0 unspecified atom stereocenters. The first kappa shape index (κ1) is 14.8. The average molecular weight is 294 g/mol. The number of halogens is 1. The van der Waals surface area contributed by atoms with Gasteiger partial charge in [0.1, 0.15) is 6.26 Å². The largest absolute Gasteiger partial charge is 0.491 e. The number of hydrogen-bond acceptors (Lipinski definition) is 6.